The summed E-state index contributed by atoms with van der Waals surface area (Å²) in [5.74, 6) is -0.339. The molecule has 0 saturated carbocycles. The Morgan fingerprint density at radius 2 is 1.70 bits per heavy atom. The van der Waals surface area contributed by atoms with Crippen LogP contribution in [0.1, 0.15) is 36.0 Å². The van der Waals surface area contributed by atoms with E-state index in [1.807, 2.05) is 30.3 Å². The van der Waals surface area contributed by atoms with Crippen LogP contribution in [0.15, 0.2) is 71.6 Å². The van der Waals surface area contributed by atoms with E-state index < -0.39 is 16.0 Å². The topological polar surface area (TPSA) is 140 Å². The van der Waals surface area contributed by atoms with Gasteiger partial charge in [-0.2, -0.15) is 0 Å². The molecule has 1 aliphatic rings. The molecule has 0 aliphatic carbocycles. The quantitative estimate of drug-likeness (QED) is 0.146. The number of anilines is 1. The van der Waals surface area contributed by atoms with E-state index in [4.69, 9.17) is 26.8 Å². The van der Waals surface area contributed by atoms with E-state index in [9.17, 15) is 18.0 Å². The molecule has 1 saturated heterocycles. The second-order valence-electron chi connectivity index (χ2n) is 10.3. The number of methoxy groups -OCH3 is 1. The van der Waals surface area contributed by atoms with Crippen molar-refractivity contribution in [1.29, 1.82) is 0 Å². The van der Waals surface area contributed by atoms with Crippen LogP contribution in [0, 0.1) is 0 Å². The number of nitrogens with two attached hydrogens (primary N) is 1. The fraction of sp³-hybridized carbons (Fsp3) is 0.355. The highest BCUT2D eigenvalue weighted by Gasteiger charge is 2.22. The van der Waals surface area contributed by atoms with Gasteiger partial charge in [0.1, 0.15) is 17.9 Å². The summed E-state index contributed by atoms with van der Waals surface area (Å²) >= 11 is 6.04. The van der Waals surface area contributed by atoms with Crippen molar-refractivity contribution in [1.82, 2.24) is 14.9 Å². The Bertz CT molecular complexity index is 1490. The minimum Gasteiger partial charge on any atom is -0.496 e. The SMILES string of the molecule is COc1cc(N)c(Cl)cc1C(=O)OCCN1CCC(NC(=O)CCCNS(=O)(=O)c2ccc(-c3ccccc3)cc2)CC1. The van der Waals surface area contributed by atoms with Gasteiger partial charge in [-0.3, -0.25) is 9.69 Å². The molecule has 1 fully saturated rings. The molecule has 1 heterocycles. The number of carbonyl (C=O) groups excluding carboxylic acids is 2. The first-order valence-corrected chi connectivity index (χ1v) is 16.0. The van der Waals surface area contributed by atoms with Crippen molar-refractivity contribution in [2.45, 2.75) is 36.6 Å². The van der Waals surface area contributed by atoms with Crippen LogP contribution in [0.25, 0.3) is 11.1 Å². The van der Waals surface area contributed by atoms with Crippen molar-refractivity contribution < 1.29 is 27.5 Å². The maximum absolute atomic E-state index is 12.7. The van der Waals surface area contributed by atoms with E-state index in [-0.39, 0.29) is 47.0 Å². The number of hydrogen-bond acceptors (Lipinski definition) is 8. The van der Waals surface area contributed by atoms with Crippen LogP contribution in [-0.2, 0) is 19.6 Å². The maximum atomic E-state index is 12.7. The maximum Gasteiger partial charge on any atom is 0.342 e. The lowest BCUT2D eigenvalue weighted by Gasteiger charge is -2.32. The molecule has 0 radical (unpaired) electrons. The second kappa shape index (κ2) is 15.2. The lowest BCUT2D eigenvalue weighted by molar-refractivity contribution is -0.122. The van der Waals surface area contributed by atoms with E-state index in [0.29, 0.717) is 24.4 Å². The summed E-state index contributed by atoms with van der Waals surface area (Å²) in [6, 6.07) is 19.4. The van der Waals surface area contributed by atoms with Gasteiger partial charge >= 0.3 is 5.97 Å². The number of nitrogen functional groups attached to an aromatic ring is 1. The molecule has 12 heteroatoms. The minimum atomic E-state index is -3.66. The number of ether oxygens (including phenoxy) is 2. The highest BCUT2D eigenvalue weighted by atomic mass is 35.5. The predicted molar refractivity (Wildman–Crippen MR) is 167 cm³/mol. The number of carbonyl (C=O) groups is 2. The van der Waals surface area contributed by atoms with Gasteiger partial charge in [-0.15, -0.1) is 0 Å². The third-order valence-electron chi connectivity index (χ3n) is 7.28. The molecule has 10 nitrogen and oxygen atoms in total. The molecule has 0 spiro atoms. The lowest BCUT2D eigenvalue weighted by atomic mass is 10.0. The number of piperidine rings is 1. The van der Waals surface area contributed by atoms with Crippen molar-refractivity contribution in [3.05, 3.63) is 77.3 Å². The average molecular weight is 629 g/mol. The second-order valence-corrected chi connectivity index (χ2v) is 12.5. The number of nitrogens with zero attached hydrogens (tertiary/aromatic N) is 1. The minimum absolute atomic E-state index is 0.0484. The number of halogens is 1. The predicted octanol–water partition coefficient (Wildman–Crippen LogP) is 4.09. The summed E-state index contributed by atoms with van der Waals surface area (Å²) in [6.45, 7) is 2.44. The van der Waals surface area contributed by atoms with Gasteiger partial charge in [0.2, 0.25) is 15.9 Å². The first-order valence-electron chi connectivity index (χ1n) is 14.1. The van der Waals surface area contributed by atoms with Gasteiger partial charge in [0.05, 0.1) is 22.7 Å². The van der Waals surface area contributed by atoms with Crippen molar-refractivity contribution in [2.24, 2.45) is 0 Å². The monoisotopic (exact) mass is 628 g/mol. The Balaban J connectivity index is 1.11. The van der Waals surface area contributed by atoms with Gasteiger partial charge in [0.25, 0.3) is 0 Å². The number of rotatable bonds is 13. The highest BCUT2D eigenvalue weighted by Crippen LogP contribution is 2.29. The Hall–Kier alpha value is -3.64. The summed E-state index contributed by atoms with van der Waals surface area (Å²) < 4.78 is 38.5. The molecule has 1 aliphatic heterocycles. The summed E-state index contributed by atoms with van der Waals surface area (Å²) in [5.41, 5.74) is 8.25. The largest absolute Gasteiger partial charge is 0.496 e. The summed E-state index contributed by atoms with van der Waals surface area (Å²) in [6.07, 6.45) is 2.16. The van der Waals surface area contributed by atoms with Crippen LogP contribution in [0.3, 0.4) is 0 Å². The zero-order valence-corrected chi connectivity index (χ0v) is 25.6. The Labute approximate surface area is 257 Å². The van der Waals surface area contributed by atoms with Crippen molar-refractivity contribution in [2.75, 3.05) is 45.6 Å². The molecule has 3 aromatic rings. The first kappa shape index (κ1) is 32.3. The van der Waals surface area contributed by atoms with E-state index in [1.165, 1.54) is 19.2 Å². The smallest absolute Gasteiger partial charge is 0.342 e. The third-order valence-corrected chi connectivity index (χ3v) is 9.08. The van der Waals surface area contributed by atoms with Crippen LogP contribution in [0.2, 0.25) is 5.02 Å². The molecule has 1 amide bonds. The van der Waals surface area contributed by atoms with E-state index in [2.05, 4.69) is 14.9 Å². The number of nitrogens with one attached hydrogen (secondary N) is 2. The van der Waals surface area contributed by atoms with E-state index in [1.54, 1.807) is 24.3 Å². The number of hydrogen-bond donors (Lipinski definition) is 3. The summed E-state index contributed by atoms with van der Waals surface area (Å²) in [7, 11) is -2.22. The first-order chi connectivity index (χ1) is 20.7. The van der Waals surface area contributed by atoms with Gasteiger partial charge in [-0.1, -0.05) is 54.1 Å². The van der Waals surface area contributed by atoms with Gasteiger partial charge in [-0.05, 0) is 48.6 Å². The van der Waals surface area contributed by atoms with Gasteiger partial charge in [0.15, 0.2) is 0 Å². The zero-order chi connectivity index (χ0) is 30.8. The molecular weight excluding hydrogens is 592 g/mol. The lowest BCUT2D eigenvalue weighted by Crippen LogP contribution is -2.45. The fourth-order valence-electron chi connectivity index (χ4n) is 4.84. The molecule has 0 aromatic heterocycles. The van der Waals surface area contributed by atoms with E-state index in [0.717, 1.165) is 37.1 Å². The van der Waals surface area contributed by atoms with E-state index >= 15 is 0 Å². The highest BCUT2D eigenvalue weighted by molar-refractivity contribution is 7.89. The molecule has 3 aromatic carbocycles. The van der Waals surface area contributed by atoms with Crippen LogP contribution in [-0.4, -0.2) is 71.1 Å². The number of amides is 1. The summed E-state index contributed by atoms with van der Waals surface area (Å²) in [4.78, 5) is 27.3. The van der Waals surface area contributed by atoms with Gasteiger partial charge < -0.3 is 20.5 Å². The molecule has 43 heavy (non-hydrogen) atoms. The van der Waals surface area contributed by atoms with Crippen LogP contribution in [0.4, 0.5) is 5.69 Å². The number of likely N-dealkylation sites (tertiary alicyclic amines) is 1. The number of esters is 1. The molecule has 0 atom stereocenters. The Morgan fingerprint density at radius 3 is 2.37 bits per heavy atom. The third kappa shape index (κ3) is 9.17. The van der Waals surface area contributed by atoms with Crippen molar-refractivity contribution in [3.8, 4) is 16.9 Å². The number of sulfonamides is 1. The molecule has 0 unspecified atom stereocenters. The fourth-order valence-corrected chi connectivity index (χ4v) is 6.08. The Morgan fingerprint density at radius 1 is 1.02 bits per heavy atom. The molecule has 0 bridgehead atoms. The van der Waals surface area contributed by atoms with Crippen LogP contribution < -0.4 is 20.5 Å². The normalized spacial score (nSPS) is 14.3. The average Bonchev–Trinajstić information content (AvgIpc) is 3.01. The molecule has 230 valence electrons. The molecule has 4 N–H and O–H groups in total. The molecule has 4 rings (SSSR count). The van der Waals surface area contributed by atoms with Crippen LogP contribution in [0.5, 0.6) is 5.75 Å². The standard InChI is InChI=1S/C31H37ClN4O6S/c1-41-29-21-28(33)27(32)20-26(29)31(38)42-19-18-36-16-13-24(14-17-36)35-30(37)8-5-15-34-43(39,40)25-11-9-23(10-12-25)22-6-3-2-4-7-22/h2-4,6-7,9-12,20-21,24,34H,5,8,13-19,33H2,1H3,(H,35,37). The van der Waals surface area contributed by atoms with Crippen LogP contribution >= 0.6 is 11.6 Å². The Kier molecular flexibility index (Phi) is 11.4. The van der Waals surface area contributed by atoms with Crippen molar-refractivity contribution in [3.63, 3.8) is 0 Å². The zero-order valence-electron chi connectivity index (χ0n) is 24.1. The van der Waals surface area contributed by atoms with Crippen molar-refractivity contribution >= 4 is 39.2 Å². The summed E-state index contributed by atoms with van der Waals surface area (Å²) in [5, 5.41) is 3.30. The van der Waals surface area contributed by atoms with Gasteiger partial charge in [0, 0.05) is 44.7 Å². The number of benzene rings is 3. The molecular formula is C31H37ClN4O6S. The van der Waals surface area contributed by atoms with Gasteiger partial charge in [-0.25, -0.2) is 17.9 Å².